The molecule has 0 saturated carbocycles. The van der Waals surface area contributed by atoms with E-state index in [1.165, 1.54) is 11.0 Å². The molecule has 6 heteroatoms. The summed E-state index contributed by atoms with van der Waals surface area (Å²) < 4.78 is 36.8. The smallest absolute Gasteiger partial charge is 0.260 e. The molecule has 0 heterocycles. The zero-order chi connectivity index (χ0) is 17.7. The Morgan fingerprint density at radius 3 is 2.29 bits per heavy atom. The highest BCUT2D eigenvalue weighted by atomic mass is 19.2. The number of carbonyl (C=O) groups excluding carboxylic acids is 1. The average molecular weight is 335 g/mol. The first kappa shape index (κ1) is 17.7. The van der Waals surface area contributed by atoms with Crippen molar-refractivity contribution in [1.29, 1.82) is 0 Å². The van der Waals surface area contributed by atoms with Gasteiger partial charge in [0.15, 0.2) is 18.2 Å². The van der Waals surface area contributed by atoms with E-state index in [0.29, 0.717) is 17.1 Å². The van der Waals surface area contributed by atoms with Crippen molar-refractivity contribution < 1.29 is 23.0 Å². The van der Waals surface area contributed by atoms with Crippen LogP contribution in [-0.4, -0.2) is 31.6 Å². The zero-order valence-electron chi connectivity index (χ0n) is 13.8. The Morgan fingerprint density at radius 1 is 1.08 bits per heavy atom. The van der Waals surface area contributed by atoms with Gasteiger partial charge in [-0.2, -0.15) is 0 Å². The van der Waals surface area contributed by atoms with E-state index in [1.54, 1.807) is 45.3 Å². The predicted octanol–water partition coefficient (Wildman–Crippen LogP) is 3.57. The Kier molecular flexibility index (Phi) is 5.73. The number of hydrogen-bond donors (Lipinski definition) is 0. The van der Waals surface area contributed by atoms with Crippen LogP contribution in [0.3, 0.4) is 0 Å². The van der Waals surface area contributed by atoms with Crippen molar-refractivity contribution in [2.45, 2.75) is 13.0 Å². The summed E-state index contributed by atoms with van der Waals surface area (Å²) in [6.45, 7) is 1.58. The van der Waals surface area contributed by atoms with Crippen LogP contribution < -0.4 is 9.47 Å². The lowest BCUT2D eigenvalue weighted by atomic mass is 10.1. The van der Waals surface area contributed by atoms with E-state index in [4.69, 9.17) is 9.47 Å². The van der Waals surface area contributed by atoms with Gasteiger partial charge < -0.3 is 14.4 Å². The predicted molar refractivity (Wildman–Crippen MR) is 86.0 cm³/mol. The van der Waals surface area contributed by atoms with Crippen molar-refractivity contribution in [3.63, 3.8) is 0 Å². The number of nitrogens with zero attached hydrogens (tertiary/aromatic N) is 1. The molecule has 0 saturated heterocycles. The number of amides is 1. The maximum absolute atomic E-state index is 13.3. The van der Waals surface area contributed by atoms with Crippen molar-refractivity contribution in [2.24, 2.45) is 0 Å². The van der Waals surface area contributed by atoms with Gasteiger partial charge >= 0.3 is 0 Å². The summed E-state index contributed by atoms with van der Waals surface area (Å²) in [6.07, 6.45) is 0. The second-order valence-corrected chi connectivity index (χ2v) is 5.32. The molecular weight excluding hydrogens is 316 g/mol. The number of halogens is 2. The van der Waals surface area contributed by atoms with E-state index < -0.39 is 17.7 Å². The maximum atomic E-state index is 13.3. The van der Waals surface area contributed by atoms with Gasteiger partial charge in [-0.15, -0.1) is 0 Å². The molecule has 0 aromatic heterocycles. The van der Waals surface area contributed by atoms with Crippen LogP contribution in [0.1, 0.15) is 18.5 Å². The summed E-state index contributed by atoms with van der Waals surface area (Å²) in [6, 6.07) is 10.0. The quantitative estimate of drug-likeness (QED) is 0.810. The summed E-state index contributed by atoms with van der Waals surface area (Å²) >= 11 is 0. The molecule has 0 N–H and O–H groups in total. The van der Waals surface area contributed by atoms with Crippen LogP contribution in [0.5, 0.6) is 11.5 Å². The second kappa shape index (κ2) is 7.77. The van der Waals surface area contributed by atoms with Crippen molar-refractivity contribution in [1.82, 2.24) is 4.90 Å². The molecule has 128 valence electrons. The Morgan fingerprint density at radius 2 is 1.71 bits per heavy atom. The van der Waals surface area contributed by atoms with E-state index in [2.05, 4.69) is 0 Å². The number of ether oxygens (including phenoxy) is 2. The fourth-order valence-corrected chi connectivity index (χ4v) is 2.13. The first-order chi connectivity index (χ1) is 11.4. The SMILES string of the molecule is COc1ccc(OCC(=O)N(C)C(C)c2ccc(F)c(F)c2)cc1. The highest BCUT2D eigenvalue weighted by molar-refractivity contribution is 5.78. The van der Waals surface area contributed by atoms with Crippen molar-refractivity contribution in [3.05, 3.63) is 59.7 Å². The molecule has 1 unspecified atom stereocenters. The second-order valence-electron chi connectivity index (χ2n) is 5.32. The number of methoxy groups -OCH3 is 1. The van der Waals surface area contributed by atoms with E-state index in [9.17, 15) is 13.6 Å². The van der Waals surface area contributed by atoms with Crippen LogP contribution >= 0.6 is 0 Å². The van der Waals surface area contributed by atoms with Crippen molar-refractivity contribution >= 4 is 5.91 Å². The van der Waals surface area contributed by atoms with Crippen LogP contribution in [0.2, 0.25) is 0 Å². The monoisotopic (exact) mass is 335 g/mol. The fraction of sp³-hybridized carbons (Fsp3) is 0.278. The van der Waals surface area contributed by atoms with E-state index in [-0.39, 0.29) is 12.5 Å². The Balaban J connectivity index is 1.96. The molecule has 1 amide bonds. The average Bonchev–Trinajstić information content (AvgIpc) is 2.61. The van der Waals surface area contributed by atoms with Gasteiger partial charge in [0.25, 0.3) is 5.91 Å². The minimum absolute atomic E-state index is 0.156. The highest BCUT2D eigenvalue weighted by Gasteiger charge is 2.19. The fourth-order valence-electron chi connectivity index (χ4n) is 2.13. The van der Waals surface area contributed by atoms with E-state index >= 15 is 0 Å². The molecule has 0 radical (unpaired) electrons. The molecule has 0 aliphatic rings. The van der Waals surface area contributed by atoms with Gasteiger partial charge in [-0.1, -0.05) is 6.07 Å². The number of likely N-dealkylation sites (N-methyl/N-ethyl adjacent to an activating group) is 1. The zero-order valence-corrected chi connectivity index (χ0v) is 13.8. The first-order valence-electron chi connectivity index (χ1n) is 7.40. The minimum atomic E-state index is -0.935. The largest absolute Gasteiger partial charge is 0.497 e. The summed E-state index contributed by atoms with van der Waals surface area (Å²) in [5.41, 5.74) is 0.509. The lowest BCUT2D eigenvalue weighted by Gasteiger charge is -2.25. The van der Waals surface area contributed by atoms with Crippen molar-refractivity contribution in [3.8, 4) is 11.5 Å². The molecule has 0 aliphatic heterocycles. The number of hydrogen-bond acceptors (Lipinski definition) is 3. The molecule has 0 fully saturated rings. The van der Waals surface area contributed by atoms with Gasteiger partial charge in [-0.25, -0.2) is 8.78 Å². The van der Waals surface area contributed by atoms with Gasteiger partial charge in [0, 0.05) is 7.05 Å². The standard InChI is InChI=1S/C18H19F2NO3/c1-12(13-4-9-16(19)17(20)10-13)21(2)18(22)11-24-15-7-5-14(23-3)6-8-15/h4-10,12H,11H2,1-3H3. The minimum Gasteiger partial charge on any atom is -0.497 e. The van der Waals surface area contributed by atoms with Crippen LogP contribution in [0.15, 0.2) is 42.5 Å². The third kappa shape index (κ3) is 4.22. The topological polar surface area (TPSA) is 38.8 Å². The van der Waals surface area contributed by atoms with Crippen LogP contribution in [-0.2, 0) is 4.79 Å². The molecule has 24 heavy (non-hydrogen) atoms. The van der Waals surface area contributed by atoms with Crippen molar-refractivity contribution in [2.75, 3.05) is 20.8 Å². The van der Waals surface area contributed by atoms with Gasteiger partial charge in [0.1, 0.15) is 11.5 Å². The van der Waals surface area contributed by atoms with Crippen LogP contribution in [0, 0.1) is 11.6 Å². The Hall–Kier alpha value is -2.63. The van der Waals surface area contributed by atoms with Gasteiger partial charge in [0.2, 0.25) is 0 Å². The third-order valence-electron chi connectivity index (χ3n) is 3.82. The molecule has 2 aromatic rings. The first-order valence-corrected chi connectivity index (χ1v) is 7.40. The molecule has 0 aliphatic carbocycles. The van der Waals surface area contributed by atoms with Gasteiger partial charge in [-0.05, 0) is 48.9 Å². The molecule has 0 spiro atoms. The number of benzene rings is 2. The normalized spacial score (nSPS) is 11.7. The molecule has 0 bridgehead atoms. The van der Waals surface area contributed by atoms with Crippen LogP contribution in [0.4, 0.5) is 8.78 Å². The van der Waals surface area contributed by atoms with Gasteiger partial charge in [0.05, 0.1) is 13.2 Å². The molecule has 1 atom stereocenters. The highest BCUT2D eigenvalue weighted by Crippen LogP contribution is 2.21. The summed E-state index contributed by atoms with van der Waals surface area (Å²) in [5, 5.41) is 0. The lowest BCUT2D eigenvalue weighted by molar-refractivity contribution is -0.134. The lowest BCUT2D eigenvalue weighted by Crippen LogP contribution is -2.33. The number of rotatable bonds is 6. The maximum Gasteiger partial charge on any atom is 0.260 e. The molecule has 4 nitrogen and oxygen atoms in total. The summed E-state index contributed by atoms with van der Waals surface area (Å²) in [4.78, 5) is 13.6. The van der Waals surface area contributed by atoms with Crippen LogP contribution in [0.25, 0.3) is 0 Å². The Bertz CT molecular complexity index is 704. The van der Waals surface area contributed by atoms with E-state index in [0.717, 1.165) is 12.1 Å². The van der Waals surface area contributed by atoms with E-state index in [1.807, 2.05) is 0 Å². The van der Waals surface area contributed by atoms with Gasteiger partial charge in [-0.3, -0.25) is 4.79 Å². The molecule has 2 aromatic carbocycles. The molecule has 2 rings (SSSR count). The summed E-state index contributed by atoms with van der Waals surface area (Å²) in [7, 11) is 3.15. The third-order valence-corrected chi connectivity index (χ3v) is 3.82. The summed E-state index contributed by atoms with van der Waals surface area (Å²) in [5.74, 6) is -0.892. The Labute approximate surface area is 139 Å². The number of carbonyl (C=O) groups is 1. The molecular formula is C18H19F2NO3.